The van der Waals surface area contributed by atoms with Gasteiger partial charge in [-0.05, 0) is 35.2 Å². The third kappa shape index (κ3) is 2.93. The van der Waals surface area contributed by atoms with Crippen LogP contribution in [0.4, 0.5) is 0 Å². The number of amides is 1. The molecule has 0 unspecified atom stereocenters. The lowest BCUT2D eigenvalue weighted by molar-refractivity contribution is 0.0723. The largest absolute Gasteiger partial charge is 0.330 e. The Hall–Kier alpha value is -1.46. The summed E-state index contributed by atoms with van der Waals surface area (Å²) in [7, 11) is 0. The number of rotatable bonds is 4. The Kier molecular flexibility index (Phi) is 3.48. The minimum atomic E-state index is -0.0938. The highest BCUT2D eigenvalue weighted by atomic mass is 35.5. The highest BCUT2D eigenvalue weighted by Crippen LogP contribution is 2.30. The van der Waals surface area contributed by atoms with Crippen molar-refractivity contribution < 1.29 is 4.79 Å². The van der Waals surface area contributed by atoms with Crippen LogP contribution in [0.5, 0.6) is 0 Å². The number of aromatic nitrogens is 2. The van der Waals surface area contributed by atoms with Gasteiger partial charge < -0.3 is 4.90 Å². The minimum absolute atomic E-state index is 0.0938. The van der Waals surface area contributed by atoms with E-state index in [1.807, 2.05) is 16.3 Å². The van der Waals surface area contributed by atoms with Crippen LogP contribution in [0, 0.1) is 0 Å². The molecule has 2 heterocycles. The lowest BCUT2D eigenvalue weighted by atomic mass is 10.2. The monoisotopic (exact) mass is 293 g/mol. The highest BCUT2D eigenvalue weighted by molar-refractivity contribution is 7.07. The van der Waals surface area contributed by atoms with Gasteiger partial charge in [-0.25, -0.2) is 4.98 Å². The van der Waals surface area contributed by atoms with Crippen LogP contribution in [0.1, 0.15) is 28.9 Å². The van der Waals surface area contributed by atoms with Gasteiger partial charge in [-0.3, -0.25) is 9.78 Å². The van der Waals surface area contributed by atoms with Gasteiger partial charge in [-0.1, -0.05) is 11.6 Å². The van der Waals surface area contributed by atoms with E-state index in [9.17, 15) is 4.79 Å². The number of thiophene rings is 1. The number of carbonyl (C=O) groups excluding carboxylic acids is 1. The lowest BCUT2D eigenvalue weighted by Gasteiger charge is -2.21. The first-order valence-corrected chi connectivity index (χ1v) is 7.36. The van der Waals surface area contributed by atoms with Crippen molar-refractivity contribution in [2.45, 2.75) is 25.4 Å². The molecule has 1 saturated carbocycles. The van der Waals surface area contributed by atoms with E-state index < -0.39 is 0 Å². The molecule has 2 aromatic heterocycles. The van der Waals surface area contributed by atoms with Crippen molar-refractivity contribution in [3.8, 4) is 0 Å². The molecule has 0 N–H and O–H groups in total. The second kappa shape index (κ2) is 5.27. The number of halogens is 1. The molecule has 98 valence electrons. The fraction of sp³-hybridized carbons (Fsp3) is 0.308. The van der Waals surface area contributed by atoms with Crippen LogP contribution >= 0.6 is 22.9 Å². The zero-order valence-corrected chi connectivity index (χ0v) is 11.7. The summed E-state index contributed by atoms with van der Waals surface area (Å²) in [5.41, 5.74) is 1.47. The van der Waals surface area contributed by atoms with Crippen LogP contribution in [0.15, 0.2) is 29.2 Å². The minimum Gasteiger partial charge on any atom is -0.330 e. The van der Waals surface area contributed by atoms with E-state index in [1.54, 1.807) is 11.3 Å². The van der Waals surface area contributed by atoms with E-state index in [4.69, 9.17) is 11.6 Å². The van der Waals surface area contributed by atoms with Gasteiger partial charge in [-0.2, -0.15) is 11.3 Å². The molecule has 1 aliphatic rings. The van der Waals surface area contributed by atoms with E-state index in [2.05, 4.69) is 15.3 Å². The summed E-state index contributed by atoms with van der Waals surface area (Å²) in [4.78, 5) is 22.3. The summed E-state index contributed by atoms with van der Waals surface area (Å²) in [6, 6.07) is 2.37. The zero-order chi connectivity index (χ0) is 13.2. The first-order chi connectivity index (χ1) is 9.24. The summed E-state index contributed by atoms with van der Waals surface area (Å²) in [5, 5.41) is 4.33. The molecule has 0 bridgehead atoms. The standard InChI is InChI=1S/C13H12ClN3OS/c14-12-6-15-5-11(16-12)13(18)17(10-1-2-10)7-9-3-4-19-8-9/h3-6,8,10H,1-2,7H2. The van der Waals surface area contributed by atoms with Crippen LogP contribution in [0.3, 0.4) is 0 Å². The molecule has 0 aromatic carbocycles. The average molecular weight is 294 g/mol. The molecule has 0 radical (unpaired) electrons. The van der Waals surface area contributed by atoms with Gasteiger partial charge in [0.25, 0.3) is 5.91 Å². The second-order valence-electron chi connectivity index (χ2n) is 4.52. The van der Waals surface area contributed by atoms with Crippen molar-refractivity contribution in [2.75, 3.05) is 0 Å². The average Bonchev–Trinajstić information content (AvgIpc) is 3.12. The lowest BCUT2D eigenvalue weighted by Crippen LogP contribution is -2.33. The smallest absolute Gasteiger partial charge is 0.274 e. The van der Waals surface area contributed by atoms with Gasteiger partial charge in [0.1, 0.15) is 10.8 Å². The van der Waals surface area contributed by atoms with Crippen molar-refractivity contribution in [3.05, 3.63) is 45.6 Å². The van der Waals surface area contributed by atoms with Crippen LogP contribution in [0.25, 0.3) is 0 Å². The molecule has 0 aliphatic heterocycles. The van der Waals surface area contributed by atoms with E-state index in [0.29, 0.717) is 18.3 Å². The van der Waals surface area contributed by atoms with E-state index in [0.717, 1.165) is 18.4 Å². The van der Waals surface area contributed by atoms with E-state index in [1.165, 1.54) is 12.4 Å². The number of hydrogen-bond acceptors (Lipinski definition) is 4. The summed E-state index contributed by atoms with van der Waals surface area (Å²) >= 11 is 7.43. The van der Waals surface area contributed by atoms with Crippen molar-refractivity contribution in [1.82, 2.24) is 14.9 Å². The van der Waals surface area contributed by atoms with Gasteiger partial charge in [-0.15, -0.1) is 0 Å². The molecule has 0 saturated heterocycles. The number of hydrogen-bond donors (Lipinski definition) is 0. The number of nitrogens with zero attached hydrogens (tertiary/aromatic N) is 3. The normalized spacial score (nSPS) is 14.4. The topological polar surface area (TPSA) is 46.1 Å². The summed E-state index contributed by atoms with van der Waals surface area (Å²) in [5.74, 6) is -0.0938. The Balaban J connectivity index is 1.82. The Morgan fingerprint density at radius 2 is 2.32 bits per heavy atom. The van der Waals surface area contributed by atoms with Crippen molar-refractivity contribution in [2.24, 2.45) is 0 Å². The Labute approximate surface area is 120 Å². The highest BCUT2D eigenvalue weighted by Gasteiger charge is 2.33. The molecular weight excluding hydrogens is 282 g/mol. The Morgan fingerprint density at radius 1 is 1.47 bits per heavy atom. The third-order valence-electron chi connectivity index (χ3n) is 3.01. The zero-order valence-electron chi connectivity index (χ0n) is 10.1. The maximum absolute atomic E-state index is 12.5. The Morgan fingerprint density at radius 3 is 2.95 bits per heavy atom. The van der Waals surface area contributed by atoms with Crippen molar-refractivity contribution in [3.63, 3.8) is 0 Å². The van der Waals surface area contributed by atoms with Gasteiger partial charge in [0.15, 0.2) is 0 Å². The molecule has 0 atom stereocenters. The first-order valence-electron chi connectivity index (χ1n) is 6.03. The van der Waals surface area contributed by atoms with Crippen LogP contribution in [-0.4, -0.2) is 26.8 Å². The van der Waals surface area contributed by atoms with Gasteiger partial charge in [0.2, 0.25) is 0 Å². The van der Waals surface area contributed by atoms with Crippen molar-refractivity contribution >= 4 is 28.8 Å². The maximum atomic E-state index is 12.5. The predicted octanol–water partition coefficient (Wildman–Crippen LogP) is 3.00. The molecule has 4 nitrogen and oxygen atoms in total. The van der Waals surface area contributed by atoms with Gasteiger partial charge in [0, 0.05) is 12.6 Å². The first kappa shape index (κ1) is 12.6. The van der Waals surface area contributed by atoms with Crippen molar-refractivity contribution in [1.29, 1.82) is 0 Å². The molecule has 0 spiro atoms. The molecule has 6 heteroatoms. The summed E-state index contributed by atoms with van der Waals surface area (Å²) in [6.45, 7) is 0.626. The molecule has 19 heavy (non-hydrogen) atoms. The maximum Gasteiger partial charge on any atom is 0.274 e. The molecule has 1 aliphatic carbocycles. The molecular formula is C13H12ClN3OS. The molecule has 3 rings (SSSR count). The van der Waals surface area contributed by atoms with Gasteiger partial charge in [0.05, 0.1) is 12.4 Å². The van der Waals surface area contributed by atoms with Crippen LogP contribution in [-0.2, 0) is 6.54 Å². The fourth-order valence-corrected chi connectivity index (χ4v) is 2.73. The van der Waals surface area contributed by atoms with Crippen LogP contribution in [0.2, 0.25) is 5.15 Å². The molecule has 1 amide bonds. The van der Waals surface area contributed by atoms with Gasteiger partial charge >= 0.3 is 0 Å². The molecule has 1 fully saturated rings. The van der Waals surface area contributed by atoms with Crippen LogP contribution < -0.4 is 0 Å². The number of carbonyl (C=O) groups is 1. The van der Waals surface area contributed by atoms with E-state index >= 15 is 0 Å². The SMILES string of the molecule is O=C(c1cncc(Cl)n1)N(Cc1ccsc1)C1CC1. The summed E-state index contributed by atoms with van der Waals surface area (Å²) in [6.07, 6.45) is 5.02. The van der Waals surface area contributed by atoms with E-state index in [-0.39, 0.29) is 11.1 Å². The predicted molar refractivity (Wildman–Crippen MR) is 74.3 cm³/mol. The summed E-state index contributed by atoms with van der Waals surface area (Å²) < 4.78 is 0. The quantitative estimate of drug-likeness (QED) is 0.870. The second-order valence-corrected chi connectivity index (χ2v) is 5.69. The fourth-order valence-electron chi connectivity index (χ4n) is 1.92. The molecule has 2 aromatic rings. The third-order valence-corrected chi connectivity index (χ3v) is 3.92. The Bertz CT molecular complexity index is 583.